The molecule has 0 amide bonds. The van der Waals surface area contributed by atoms with Gasteiger partial charge in [-0.15, -0.1) is 12.4 Å². The molecule has 0 aliphatic rings. The van der Waals surface area contributed by atoms with Gasteiger partial charge in [0.15, 0.2) is 0 Å². The summed E-state index contributed by atoms with van der Waals surface area (Å²) in [5.41, 5.74) is 0.442. The summed E-state index contributed by atoms with van der Waals surface area (Å²) in [5, 5.41) is 14.7. The molecular weight excluding hydrogens is 222 g/mol. The Morgan fingerprint density at radius 1 is 1.47 bits per heavy atom. The molecule has 0 radical (unpaired) electrons. The summed E-state index contributed by atoms with van der Waals surface area (Å²) in [5.74, 6) is 0. The summed E-state index contributed by atoms with van der Waals surface area (Å²) in [6, 6.07) is 6.10. The van der Waals surface area contributed by atoms with Crippen LogP contribution in [0.25, 0.3) is 11.0 Å². The van der Waals surface area contributed by atoms with Gasteiger partial charge in [0.1, 0.15) is 5.52 Å². The Hall–Kier alpha value is -1.82. The van der Waals surface area contributed by atoms with Crippen LogP contribution < -0.4 is 9.16 Å². The monoisotopic (exact) mass is 229 g/mol. The first kappa shape index (κ1) is 11.3. The third-order valence-electron chi connectivity index (χ3n) is 1.84. The van der Waals surface area contributed by atoms with Gasteiger partial charge < -0.3 is 9.94 Å². The van der Waals surface area contributed by atoms with Crippen LogP contribution in [-0.2, 0) is 0 Å². The predicted octanol–water partition coefficient (Wildman–Crippen LogP) is 0.727. The molecule has 80 valence electrons. The fourth-order valence-corrected chi connectivity index (χ4v) is 1.20. The molecule has 1 aromatic heterocycles. The lowest BCUT2D eigenvalue weighted by atomic mass is 10.3. The minimum atomic E-state index is -0.265. The molecule has 0 N–H and O–H groups in total. The molecule has 0 unspecified atom stereocenters. The van der Waals surface area contributed by atoms with Crippen molar-refractivity contribution >= 4 is 23.4 Å². The molecule has 7 heteroatoms. The highest BCUT2D eigenvalue weighted by Crippen LogP contribution is 2.08. The maximum Gasteiger partial charge on any atom is 0.565 e. The molecule has 2 rings (SSSR count). The van der Waals surface area contributed by atoms with Gasteiger partial charge in [0.2, 0.25) is 5.52 Å². The summed E-state index contributed by atoms with van der Waals surface area (Å²) in [4.78, 5) is 11.9. The van der Waals surface area contributed by atoms with Gasteiger partial charge in [0.05, 0.1) is 16.6 Å². The van der Waals surface area contributed by atoms with E-state index >= 15 is 0 Å². The number of rotatable bonds is 1. The number of nitrogens with zero attached hydrogens (tertiary/aromatic N) is 3. The average molecular weight is 230 g/mol. The van der Waals surface area contributed by atoms with E-state index in [1.54, 1.807) is 12.1 Å². The number of hydrogen-bond donors (Lipinski definition) is 0. The zero-order chi connectivity index (χ0) is 10.1. The smallest absolute Gasteiger partial charge is 0.565 e. The minimum absolute atomic E-state index is 0. The van der Waals surface area contributed by atoms with Crippen molar-refractivity contribution in [2.75, 3.05) is 7.11 Å². The van der Waals surface area contributed by atoms with Crippen LogP contribution in [0.15, 0.2) is 24.3 Å². The molecule has 0 aliphatic heterocycles. The second-order valence-corrected chi connectivity index (χ2v) is 2.64. The van der Waals surface area contributed by atoms with Gasteiger partial charge in [-0.25, -0.2) is 0 Å². The van der Waals surface area contributed by atoms with Crippen molar-refractivity contribution in [3.63, 3.8) is 0 Å². The van der Waals surface area contributed by atoms with Crippen LogP contribution in [-0.4, -0.2) is 17.1 Å². The summed E-state index contributed by atoms with van der Waals surface area (Å²) in [7, 11) is 1.28. The maximum atomic E-state index is 11.5. The molecule has 1 aromatic carbocycles. The first-order chi connectivity index (χ1) is 6.74. The topological polar surface area (TPSA) is 73.1 Å². The molecule has 0 saturated heterocycles. The van der Waals surface area contributed by atoms with Crippen LogP contribution >= 0.6 is 12.4 Å². The van der Waals surface area contributed by atoms with Crippen LogP contribution in [0.5, 0.6) is 6.01 Å². The third kappa shape index (κ3) is 1.71. The van der Waals surface area contributed by atoms with Crippen molar-refractivity contribution < 1.29 is 9.16 Å². The van der Waals surface area contributed by atoms with E-state index in [1.807, 2.05) is 0 Å². The molecule has 0 atom stereocenters. The van der Waals surface area contributed by atoms with Crippen molar-refractivity contribution in [2.45, 2.75) is 0 Å². The normalized spacial score (nSPS) is 9.67. The van der Waals surface area contributed by atoms with Crippen molar-refractivity contribution in [1.29, 1.82) is 0 Å². The molecule has 1 heterocycles. The minimum Gasteiger partial charge on any atom is -0.772 e. The summed E-state index contributed by atoms with van der Waals surface area (Å²) < 4.78 is 5.13. The highest BCUT2D eigenvalue weighted by molar-refractivity contribution is 5.85. The third-order valence-corrected chi connectivity index (χ3v) is 1.84. The van der Waals surface area contributed by atoms with Gasteiger partial charge in [-0.2, -0.15) is 4.85 Å². The highest BCUT2D eigenvalue weighted by atomic mass is 35.5. The Bertz CT molecular complexity index is 540. The summed E-state index contributed by atoms with van der Waals surface area (Å²) in [6.07, 6.45) is 0. The number of hydrogen-bond acceptors (Lipinski definition) is 4. The second-order valence-electron chi connectivity index (χ2n) is 2.64. The number of fused-ring (bicyclic) bond motifs is 1. The van der Waals surface area contributed by atoms with Gasteiger partial charge in [0, 0.05) is 0 Å². The van der Waals surface area contributed by atoms with Gasteiger partial charge >= 0.3 is 6.01 Å². The standard InChI is InChI=1S/C8H7N3O3.ClH/c1-14-8-9-11(13)7-5-3-2-4-6(7)10(8)12;/h2-5H,1H3;1H. The van der Waals surface area contributed by atoms with Crippen LogP contribution in [0.1, 0.15) is 0 Å². The lowest BCUT2D eigenvalue weighted by molar-refractivity contribution is -0.480. The van der Waals surface area contributed by atoms with Crippen LogP contribution in [0.4, 0.5) is 0 Å². The lowest BCUT2D eigenvalue weighted by Gasteiger charge is -2.04. The number of aromatic nitrogens is 3. The van der Waals surface area contributed by atoms with Crippen LogP contribution in [0.3, 0.4) is 0 Å². The Morgan fingerprint density at radius 2 is 2.13 bits per heavy atom. The van der Waals surface area contributed by atoms with E-state index in [0.29, 0.717) is 9.27 Å². The van der Waals surface area contributed by atoms with Gasteiger partial charge in [-0.3, -0.25) is 0 Å². The number of benzene rings is 1. The molecule has 0 saturated carbocycles. The summed E-state index contributed by atoms with van der Waals surface area (Å²) in [6.45, 7) is 0. The number of ether oxygens (including phenoxy) is 1. The maximum absolute atomic E-state index is 11.5. The Labute approximate surface area is 90.7 Å². The van der Waals surface area contributed by atoms with E-state index in [4.69, 9.17) is 0 Å². The van der Waals surface area contributed by atoms with Crippen LogP contribution in [0, 0.1) is 10.1 Å². The van der Waals surface area contributed by atoms with Crippen molar-refractivity contribution in [3.8, 4) is 6.01 Å². The van der Waals surface area contributed by atoms with E-state index in [1.165, 1.54) is 19.2 Å². The predicted molar refractivity (Wildman–Crippen MR) is 55.7 cm³/mol. The molecule has 0 bridgehead atoms. The van der Waals surface area contributed by atoms with Gasteiger partial charge in [-0.1, -0.05) is 17.0 Å². The zero-order valence-corrected chi connectivity index (χ0v) is 8.60. The van der Waals surface area contributed by atoms with E-state index in [9.17, 15) is 10.1 Å². The SMILES string of the molecule is COc1nn([O-])c2ccccc2[n+]1=O.Cl. The summed E-state index contributed by atoms with van der Waals surface area (Å²) >= 11 is 0. The van der Waals surface area contributed by atoms with E-state index in [0.717, 1.165) is 0 Å². The van der Waals surface area contributed by atoms with Crippen LogP contribution in [0.2, 0.25) is 0 Å². The first-order valence-electron chi connectivity index (χ1n) is 3.90. The zero-order valence-electron chi connectivity index (χ0n) is 7.78. The highest BCUT2D eigenvalue weighted by Gasteiger charge is 2.15. The molecule has 0 fully saturated rings. The first-order valence-corrected chi connectivity index (χ1v) is 3.90. The van der Waals surface area contributed by atoms with E-state index in [-0.39, 0.29) is 29.5 Å². The average Bonchev–Trinajstić information content (AvgIpc) is 2.23. The quantitative estimate of drug-likeness (QED) is 0.676. The second kappa shape index (κ2) is 4.14. The largest absolute Gasteiger partial charge is 0.772 e. The molecule has 0 spiro atoms. The van der Waals surface area contributed by atoms with Gasteiger partial charge in [0.25, 0.3) is 0 Å². The van der Waals surface area contributed by atoms with E-state index < -0.39 is 0 Å². The molecule has 15 heavy (non-hydrogen) atoms. The van der Waals surface area contributed by atoms with Crippen molar-refractivity contribution in [3.05, 3.63) is 34.4 Å². The fraction of sp³-hybridized carbons (Fsp3) is 0.125. The van der Waals surface area contributed by atoms with Crippen molar-refractivity contribution in [1.82, 2.24) is 9.94 Å². The van der Waals surface area contributed by atoms with E-state index in [2.05, 4.69) is 9.84 Å². The van der Waals surface area contributed by atoms with Crippen molar-refractivity contribution in [2.24, 2.45) is 0 Å². The Morgan fingerprint density at radius 3 is 2.80 bits per heavy atom. The lowest BCUT2D eigenvalue weighted by Crippen LogP contribution is -2.23. The Balaban J connectivity index is 0.00000112. The molecule has 2 aromatic rings. The molecule has 0 aliphatic carbocycles. The Kier molecular flexibility index (Phi) is 3.11. The number of para-hydroxylation sites is 2. The molecular formula is C8H8ClN3O3. The fourth-order valence-electron chi connectivity index (χ4n) is 1.20. The van der Waals surface area contributed by atoms with Gasteiger partial charge in [-0.05, 0) is 12.1 Å². The number of halogens is 1. The molecule has 6 nitrogen and oxygen atoms in total. The number of methoxy groups -OCH3 is 1.